The third-order valence-electron chi connectivity index (χ3n) is 3.64. The van der Waals surface area contributed by atoms with Crippen molar-refractivity contribution in [2.45, 2.75) is 46.1 Å². The molecule has 0 saturated heterocycles. The van der Waals surface area contributed by atoms with Gasteiger partial charge < -0.3 is 4.74 Å². The van der Waals surface area contributed by atoms with Crippen LogP contribution >= 0.6 is 0 Å². The molecule has 112 valence electrons. The summed E-state index contributed by atoms with van der Waals surface area (Å²) in [7, 11) is 0. The van der Waals surface area contributed by atoms with Crippen LogP contribution in [0.4, 0.5) is 0 Å². The Labute approximate surface area is 124 Å². The minimum absolute atomic E-state index is 0.367. The molecule has 0 aromatic heterocycles. The molecule has 1 aromatic carbocycles. The summed E-state index contributed by atoms with van der Waals surface area (Å²) < 4.78 is 5.10. The van der Waals surface area contributed by atoms with Gasteiger partial charge in [-0.05, 0) is 18.4 Å². The van der Waals surface area contributed by atoms with Crippen LogP contribution < -0.4 is 0 Å². The molecule has 4 nitrogen and oxygen atoms in total. The number of unbranched alkanes of at least 4 members (excludes halogenated alkanes) is 1. The lowest BCUT2D eigenvalue weighted by atomic mass is 9.98. The average Bonchev–Trinajstić information content (AvgIpc) is 2.70. The summed E-state index contributed by atoms with van der Waals surface area (Å²) in [6, 6.07) is 5.28. The van der Waals surface area contributed by atoms with E-state index in [1.54, 1.807) is 26.0 Å². The van der Waals surface area contributed by atoms with Gasteiger partial charge in [-0.2, -0.15) is 0 Å². The maximum atomic E-state index is 12.5. The monoisotopic (exact) mass is 288 g/mol. The van der Waals surface area contributed by atoms with Crippen molar-refractivity contribution < 1.29 is 19.1 Å². The van der Waals surface area contributed by atoms with E-state index in [9.17, 15) is 14.4 Å². The molecule has 0 radical (unpaired) electrons. The summed E-state index contributed by atoms with van der Waals surface area (Å²) in [5.41, 5.74) is 1.70. The van der Waals surface area contributed by atoms with Gasteiger partial charge in [0.2, 0.25) is 17.7 Å². The van der Waals surface area contributed by atoms with Gasteiger partial charge in [-0.3, -0.25) is 14.4 Å². The second-order valence-corrected chi connectivity index (χ2v) is 5.64. The summed E-state index contributed by atoms with van der Waals surface area (Å²) in [4.78, 5) is 36.4. The number of hydrogen-bond donors (Lipinski definition) is 0. The number of esters is 1. The first kappa shape index (κ1) is 15.4. The zero-order chi connectivity index (χ0) is 15.6. The maximum absolute atomic E-state index is 12.5. The predicted molar refractivity (Wildman–Crippen MR) is 78.4 cm³/mol. The molecule has 0 amide bonds. The van der Waals surface area contributed by atoms with Gasteiger partial charge in [0.25, 0.3) is 0 Å². The van der Waals surface area contributed by atoms with E-state index in [1.807, 2.05) is 6.07 Å². The predicted octanol–water partition coefficient (Wildman–Crippen LogP) is 2.98. The van der Waals surface area contributed by atoms with E-state index >= 15 is 0 Å². The highest BCUT2D eigenvalue weighted by atomic mass is 16.6. The summed E-state index contributed by atoms with van der Waals surface area (Å²) in [6.07, 6.45) is 1.42. The zero-order valence-corrected chi connectivity index (χ0v) is 12.6. The largest absolute Gasteiger partial charge is 0.445 e. The van der Waals surface area contributed by atoms with Gasteiger partial charge in [-0.15, -0.1) is 0 Å². The van der Waals surface area contributed by atoms with Crippen LogP contribution in [-0.4, -0.2) is 23.6 Å². The fourth-order valence-electron chi connectivity index (χ4n) is 2.42. The van der Waals surface area contributed by atoms with Crippen molar-refractivity contribution in [3.05, 3.63) is 34.9 Å². The fraction of sp³-hybridized carbons (Fsp3) is 0.471. The van der Waals surface area contributed by atoms with Gasteiger partial charge in [0, 0.05) is 11.1 Å². The summed E-state index contributed by atoms with van der Waals surface area (Å²) in [5, 5.41) is 0. The molecule has 0 spiro atoms. The quantitative estimate of drug-likeness (QED) is 0.617. The molecule has 1 aliphatic carbocycles. The molecule has 0 bridgehead atoms. The molecular weight excluding hydrogens is 268 g/mol. The summed E-state index contributed by atoms with van der Waals surface area (Å²) in [6.45, 7) is 5.42. The average molecular weight is 288 g/mol. The van der Waals surface area contributed by atoms with Gasteiger partial charge in [0.15, 0.2) is 0 Å². The molecule has 4 heteroatoms. The Balaban J connectivity index is 2.31. The molecule has 1 aliphatic rings. The van der Waals surface area contributed by atoms with E-state index in [0.29, 0.717) is 11.1 Å². The Morgan fingerprint density at radius 1 is 1.24 bits per heavy atom. The van der Waals surface area contributed by atoms with Crippen LogP contribution in [0, 0.1) is 5.92 Å². The Bertz CT molecular complexity index is 586. The smallest absolute Gasteiger partial charge is 0.309 e. The Morgan fingerprint density at radius 2 is 1.95 bits per heavy atom. The van der Waals surface area contributed by atoms with Crippen molar-refractivity contribution in [2.75, 3.05) is 0 Å². The first-order valence-corrected chi connectivity index (χ1v) is 7.38. The molecule has 0 heterocycles. The molecule has 21 heavy (non-hydrogen) atoms. The van der Waals surface area contributed by atoms with Crippen LogP contribution in [0.1, 0.15) is 59.9 Å². The van der Waals surface area contributed by atoms with Crippen molar-refractivity contribution in [1.29, 1.82) is 0 Å². The van der Waals surface area contributed by atoms with Crippen LogP contribution in [0.2, 0.25) is 0 Å². The third-order valence-corrected chi connectivity index (χ3v) is 3.64. The fourth-order valence-corrected chi connectivity index (χ4v) is 2.42. The third kappa shape index (κ3) is 2.89. The van der Waals surface area contributed by atoms with E-state index in [0.717, 1.165) is 24.8 Å². The zero-order valence-electron chi connectivity index (χ0n) is 12.6. The molecule has 0 fully saturated rings. The topological polar surface area (TPSA) is 60.4 Å². The molecule has 1 unspecified atom stereocenters. The second-order valence-electron chi connectivity index (χ2n) is 5.64. The van der Waals surface area contributed by atoms with Crippen LogP contribution in [0.15, 0.2) is 18.2 Å². The lowest BCUT2D eigenvalue weighted by Gasteiger charge is -2.11. The number of carbonyl (C=O) groups excluding carboxylic acids is 3. The van der Waals surface area contributed by atoms with Crippen molar-refractivity contribution in [1.82, 2.24) is 0 Å². The standard InChI is InChI=1S/C17H20O4/c1-4-5-7-11-8-6-9-12-13(11)15(19)16(14(12)18)21-17(20)10(2)3/h6,8-10,16H,4-5,7H2,1-3H3. The van der Waals surface area contributed by atoms with Gasteiger partial charge >= 0.3 is 5.97 Å². The Hall–Kier alpha value is -1.97. The number of fused-ring (bicyclic) bond motifs is 1. The molecule has 0 N–H and O–H groups in total. The second kappa shape index (κ2) is 6.20. The van der Waals surface area contributed by atoms with Crippen LogP contribution in [0.25, 0.3) is 0 Å². The number of benzene rings is 1. The highest BCUT2D eigenvalue weighted by Crippen LogP contribution is 2.29. The summed E-state index contributed by atoms with van der Waals surface area (Å²) in [5.74, 6) is -1.67. The van der Waals surface area contributed by atoms with Crippen LogP contribution in [0.3, 0.4) is 0 Å². The van der Waals surface area contributed by atoms with Gasteiger partial charge in [-0.1, -0.05) is 45.4 Å². The van der Waals surface area contributed by atoms with E-state index in [2.05, 4.69) is 6.92 Å². The minimum atomic E-state index is -1.29. The molecule has 1 aromatic rings. The highest BCUT2D eigenvalue weighted by molar-refractivity contribution is 6.29. The van der Waals surface area contributed by atoms with Crippen LogP contribution in [-0.2, 0) is 16.0 Å². The number of carbonyl (C=O) groups is 3. The van der Waals surface area contributed by atoms with Crippen molar-refractivity contribution >= 4 is 17.5 Å². The number of ketones is 2. The summed E-state index contributed by atoms with van der Waals surface area (Å²) >= 11 is 0. The lowest BCUT2D eigenvalue weighted by molar-refractivity contribution is -0.148. The van der Waals surface area contributed by atoms with Crippen molar-refractivity contribution in [2.24, 2.45) is 5.92 Å². The molecule has 0 saturated carbocycles. The first-order chi connectivity index (χ1) is 9.97. The van der Waals surface area contributed by atoms with E-state index in [-0.39, 0.29) is 11.7 Å². The Morgan fingerprint density at radius 3 is 2.57 bits per heavy atom. The molecule has 2 rings (SSSR count). The van der Waals surface area contributed by atoms with Gasteiger partial charge in [0.1, 0.15) is 0 Å². The molecule has 0 aliphatic heterocycles. The number of hydrogen-bond acceptors (Lipinski definition) is 4. The molecule has 1 atom stereocenters. The maximum Gasteiger partial charge on any atom is 0.309 e. The highest BCUT2D eigenvalue weighted by Gasteiger charge is 2.42. The number of aryl methyl sites for hydroxylation is 1. The first-order valence-electron chi connectivity index (χ1n) is 7.38. The Kier molecular flexibility index (Phi) is 4.56. The number of Topliss-reactive ketones (excluding diaryl/α,β-unsaturated/α-hetero) is 2. The van der Waals surface area contributed by atoms with E-state index in [1.165, 1.54) is 0 Å². The lowest BCUT2D eigenvalue weighted by Crippen LogP contribution is -2.30. The number of ether oxygens (including phenoxy) is 1. The SMILES string of the molecule is CCCCc1cccc2c1C(=O)C(OC(=O)C(C)C)C2=O. The number of rotatable bonds is 5. The normalized spacial score (nSPS) is 17.2. The van der Waals surface area contributed by atoms with Crippen LogP contribution in [0.5, 0.6) is 0 Å². The van der Waals surface area contributed by atoms with Gasteiger partial charge in [-0.25, -0.2) is 0 Å². The minimum Gasteiger partial charge on any atom is -0.445 e. The van der Waals surface area contributed by atoms with Crippen molar-refractivity contribution in [3.8, 4) is 0 Å². The van der Waals surface area contributed by atoms with Gasteiger partial charge in [0.05, 0.1) is 5.92 Å². The van der Waals surface area contributed by atoms with E-state index in [4.69, 9.17) is 4.74 Å². The van der Waals surface area contributed by atoms with Crippen molar-refractivity contribution in [3.63, 3.8) is 0 Å². The van der Waals surface area contributed by atoms with E-state index < -0.39 is 17.9 Å². The molecular formula is C17H20O4.